The Morgan fingerprint density at radius 2 is 1.74 bits per heavy atom. The van der Waals surface area contributed by atoms with Gasteiger partial charge in [0, 0.05) is 6.08 Å². The van der Waals surface area contributed by atoms with Gasteiger partial charge in [0.15, 0.2) is 0 Å². The van der Waals surface area contributed by atoms with Gasteiger partial charge in [0.2, 0.25) is 0 Å². The second kappa shape index (κ2) is 6.83. The summed E-state index contributed by atoms with van der Waals surface area (Å²) in [6, 6.07) is 7.62. The second-order valence-corrected chi connectivity index (χ2v) is 5.61. The van der Waals surface area contributed by atoms with Crippen molar-refractivity contribution < 1.29 is 8.78 Å². The van der Waals surface area contributed by atoms with E-state index in [0.717, 1.165) is 12.0 Å². The van der Waals surface area contributed by atoms with Crippen LogP contribution in [-0.4, -0.2) is 0 Å². The predicted molar refractivity (Wildman–Crippen MR) is 76.2 cm³/mol. The van der Waals surface area contributed by atoms with E-state index in [1.165, 1.54) is 44.1 Å². The minimum absolute atomic E-state index is 0.586. The molecule has 1 fully saturated rings. The van der Waals surface area contributed by atoms with E-state index in [-0.39, 0.29) is 0 Å². The summed E-state index contributed by atoms with van der Waals surface area (Å²) in [5.41, 5.74) is 1.90. The molecule has 0 radical (unpaired) electrons. The molecule has 0 bridgehead atoms. The van der Waals surface area contributed by atoms with Crippen LogP contribution in [0.5, 0.6) is 0 Å². The molecule has 1 aromatic rings. The van der Waals surface area contributed by atoms with E-state index in [0.29, 0.717) is 11.5 Å². The Labute approximate surface area is 114 Å². The van der Waals surface area contributed by atoms with Gasteiger partial charge in [0.1, 0.15) is 0 Å². The van der Waals surface area contributed by atoms with Crippen molar-refractivity contribution in [1.82, 2.24) is 0 Å². The van der Waals surface area contributed by atoms with E-state index >= 15 is 0 Å². The first-order chi connectivity index (χ1) is 9.19. The molecule has 1 aromatic carbocycles. The van der Waals surface area contributed by atoms with E-state index in [1.54, 1.807) is 12.1 Å². The average Bonchev–Trinajstić information content (AvgIpc) is 2.40. The molecule has 0 spiro atoms. The Hall–Kier alpha value is -1.18. The summed E-state index contributed by atoms with van der Waals surface area (Å²) in [4.78, 5) is 0. The molecule has 0 aromatic heterocycles. The van der Waals surface area contributed by atoms with E-state index in [2.05, 4.69) is 6.92 Å². The van der Waals surface area contributed by atoms with Gasteiger partial charge in [-0.3, -0.25) is 0 Å². The molecule has 2 rings (SSSR count). The average molecular weight is 264 g/mol. The van der Waals surface area contributed by atoms with Crippen molar-refractivity contribution in [2.45, 2.75) is 51.4 Å². The van der Waals surface area contributed by atoms with Crippen LogP contribution in [0.3, 0.4) is 0 Å². The molecule has 0 heterocycles. The van der Waals surface area contributed by atoms with E-state index in [9.17, 15) is 8.78 Å². The lowest BCUT2D eigenvalue weighted by atomic mass is 9.77. The molecule has 0 nitrogen and oxygen atoms in total. The highest BCUT2D eigenvalue weighted by Gasteiger charge is 2.21. The number of hydrogen-bond donors (Lipinski definition) is 0. The first-order valence-electron chi connectivity index (χ1n) is 7.31. The van der Waals surface area contributed by atoms with E-state index in [4.69, 9.17) is 0 Å². The fraction of sp³-hybridized carbons (Fsp3) is 0.529. The Morgan fingerprint density at radius 1 is 1.11 bits per heavy atom. The zero-order valence-electron chi connectivity index (χ0n) is 11.5. The smallest absolute Gasteiger partial charge is 0.173 e. The lowest BCUT2D eigenvalue weighted by Crippen LogP contribution is -2.13. The van der Waals surface area contributed by atoms with Crippen LogP contribution in [0.15, 0.2) is 30.3 Å². The van der Waals surface area contributed by atoms with Crippen molar-refractivity contribution in [3.63, 3.8) is 0 Å². The lowest BCUT2D eigenvalue weighted by molar-refractivity contribution is 0.308. The summed E-state index contributed by atoms with van der Waals surface area (Å²) < 4.78 is 24.3. The Balaban J connectivity index is 1.94. The van der Waals surface area contributed by atoms with Gasteiger partial charge in [-0.25, -0.2) is 0 Å². The van der Waals surface area contributed by atoms with E-state index < -0.39 is 6.08 Å². The number of benzene rings is 1. The highest BCUT2D eigenvalue weighted by Crippen LogP contribution is 2.37. The fourth-order valence-electron chi connectivity index (χ4n) is 3.18. The summed E-state index contributed by atoms with van der Waals surface area (Å²) in [5, 5.41) is 0. The fourth-order valence-corrected chi connectivity index (χ4v) is 3.18. The van der Waals surface area contributed by atoms with Crippen molar-refractivity contribution >= 4 is 6.08 Å². The van der Waals surface area contributed by atoms with Crippen LogP contribution in [0.25, 0.3) is 6.08 Å². The van der Waals surface area contributed by atoms with Crippen LogP contribution in [0.4, 0.5) is 8.78 Å². The molecule has 2 heteroatoms. The first-order valence-corrected chi connectivity index (χ1v) is 7.31. The monoisotopic (exact) mass is 264 g/mol. The quantitative estimate of drug-likeness (QED) is 0.625. The van der Waals surface area contributed by atoms with Crippen LogP contribution in [0, 0.1) is 5.92 Å². The molecule has 1 aliphatic carbocycles. The number of halogens is 2. The van der Waals surface area contributed by atoms with Gasteiger partial charge in [0.25, 0.3) is 6.08 Å². The molecule has 0 saturated heterocycles. The molecule has 1 aliphatic rings. The van der Waals surface area contributed by atoms with Gasteiger partial charge < -0.3 is 0 Å². The summed E-state index contributed by atoms with van der Waals surface area (Å²) in [6.07, 6.45) is 7.06. The second-order valence-electron chi connectivity index (χ2n) is 5.61. The third-order valence-electron chi connectivity index (χ3n) is 4.23. The number of hydrogen-bond acceptors (Lipinski definition) is 0. The van der Waals surface area contributed by atoms with Crippen LogP contribution in [0.2, 0.25) is 0 Å². The van der Waals surface area contributed by atoms with Gasteiger partial charge in [-0.2, -0.15) is 8.78 Å². The molecule has 0 unspecified atom stereocenters. The molecule has 104 valence electrons. The number of rotatable bonds is 4. The minimum Gasteiger partial charge on any atom is -0.173 e. The van der Waals surface area contributed by atoms with Gasteiger partial charge in [-0.1, -0.05) is 44.0 Å². The molecule has 0 N–H and O–H groups in total. The van der Waals surface area contributed by atoms with Crippen molar-refractivity contribution in [3.8, 4) is 0 Å². The summed E-state index contributed by atoms with van der Waals surface area (Å²) in [5.74, 6) is 1.53. The highest BCUT2D eigenvalue weighted by molar-refractivity contribution is 5.50. The van der Waals surface area contributed by atoms with Crippen molar-refractivity contribution in [2.24, 2.45) is 5.92 Å². The first kappa shape index (κ1) is 14.2. The highest BCUT2D eigenvalue weighted by atomic mass is 19.3. The summed E-state index contributed by atoms with van der Waals surface area (Å²) in [7, 11) is 0. The van der Waals surface area contributed by atoms with Gasteiger partial charge >= 0.3 is 0 Å². The Bertz CT molecular complexity index is 407. The van der Waals surface area contributed by atoms with Crippen LogP contribution >= 0.6 is 0 Å². The van der Waals surface area contributed by atoms with Gasteiger partial charge in [-0.05, 0) is 48.6 Å². The largest absolute Gasteiger partial charge is 0.270 e. The van der Waals surface area contributed by atoms with Crippen LogP contribution in [0.1, 0.15) is 62.5 Å². The third kappa shape index (κ3) is 4.15. The van der Waals surface area contributed by atoms with Crippen molar-refractivity contribution in [1.29, 1.82) is 0 Å². The molecular formula is C17H22F2. The molecule has 0 aliphatic heterocycles. The summed E-state index contributed by atoms with van der Waals surface area (Å²) >= 11 is 0. The Morgan fingerprint density at radius 3 is 2.26 bits per heavy atom. The van der Waals surface area contributed by atoms with Gasteiger partial charge in [-0.15, -0.1) is 0 Å². The Kier molecular flexibility index (Phi) is 5.12. The standard InChI is InChI=1S/C17H22F2/c1-2-3-13-4-8-15(9-5-13)16-10-6-14(7-11-16)12-17(18)19/h6-7,10-13,15H,2-5,8-9H2,1H3/t13-,15-. The van der Waals surface area contributed by atoms with Crippen molar-refractivity contribution in [2.75, 3.05) is 0 Å². The molecule has 1 saturated carbocycles. The SMILES string of the molecule is CCC[C@H]1CC[C@H](c2ccc(C=C(F)F)cc2)CC1. The van der Waals surface area contributed by atoms with Crippen LogP contribution in [-0.2, 0) is 0 Å². The lowest BCUT2D eigenvalue weighted by Gasteiger charge is -2.28. The third-order valence-corrected chi connectivity index (χ3v) is 4.23. The zero-order valence-corrected chi connectivity index (χ0v) is 11.5. The van der Waals surface area contributed by atoms with Crippen molar-refractivity contribution in [3.05, 3.63) is 41.5 Å². The zero-order chi connectivity index (χ0) is 13.7. The molecule has 19 heavy (non-hydrogen) atoms. The predicted octanol–water partition coefficient (Wildman–Crippen LogP) is 6.00. The minimum atomic E-state index is -1.63. The van der Waals surface area contributed by atoms with Gasteiger partial charge in [0.05, 0.1) is 0 Å². The molecular weight excluding hydrogens is 242 g/mol. The van der Waals surface area contributed by atoms with Crippen LogP contribution < -0.4 is 0 Å². The topological polar surface area (TPSA) is 0 Å². The maximum Gasteiger partial charge on any atom is 0.270 e. The van der Waals surface area contributed by atoms with E-state index in [1.807, 2.05) is 12.1 Å². The molecule has 0 amide bonds. The summed E-state index contributed by atoms with van der Waals surface area (Å²) in [6.45, 7) is 2.25. The molecule has 0 atom stereocenters. The normalized spacial score (nSPS) is 23.1. The maximum atomic E-state index is 12.2. The maximum absolute atomic E-state index is 12.2.